The van der Waals surface area contributed by atoms with Gasteiger partial charge in [0.1, 0.15) is 5.04 Å². The van der Waals surface area contributed by atoms with Crippen molar-refractivity contribution in [3.8, 4) is 0 Å². The molecule has 0 aliphatic carbocycles. The molecule has 0 aromatic carbocycles. The highest BCUT2D eigenvalue weighted by Crippen LogP contribution is 2.30. The summed E-state index contributed by atoms with van der Waals surface area (Å²) in [6, 6.07) is 0. The molecule has 0 amide bonds. The smallest absolute Gasteiger partial charge is 0.164 e. The van der Waals surface area contributed by atoms with Gasteiger partial charge in [0.25, 0.3) is 0 Å². The number of nitrogens with one attached hydrogen (secondary N) is 1. The Morgan fingerprint density at radius 2 is 2.17 bits per heavy atom. The fraction of sp³-hybridized carbons (Fsp3) is 0.750. The molecule has 3 nitrogen and oxygen atoms in total. The topological polar surface area (TPSA) is 41.5 Å². The summed E-state index contributed by atoms with van der Waals surface area (Å²) in [4.78, 5) is 11.0. The van der Waals surface area contributed by atoms with Crippen molar-refractivity contribution in [2.24, 2.45) is 10.5 Å². The van der Waals surface area contributed by atoms with Gasteiger partial charge in [-0.2, -0.15) is 5.10 Å². The van der Waals surface area contributed by atoms with E-state index in [0.29, 0.717) is 0 Å². The minimum Gasteiger partial charge on any atom is -0.297 e. The highest BCUT2D eigenvalue weighted by Gasteiger charge is 2.30. The molecule has 1 aliphatic rings. The second-order valence-corrected chi connectivity index (χ2v) is 5.00. The van der Waals surface area contributed by atoms with Crippen molar-refractivity contribution in [1.82, 2.24) is 5.43 Å². The third-order valence-electron chi connectivity index (χ3n) is 1.52. The second-order valence-electron chi connectivity index (χ2n) is 3.90. The van der Waals surface area contributed by atoms with Gasteiger partial charge in [0.15, 0.2) is 11.2 Å². The van der Waals surface area contributed by atoms with Gasteiger partial charge in [-0.15, -0.1) is 0 Å². The van der Waals surface area contributed by atoms with Crippen LogP contribution in [0, 0.1) is 5.41 Å². The maximum atomic E-state index is 11.0. The van der Waals surface area contributed by atoms with E-state index in [1.165, 1.54) is 11.8 Å². The van der Waals surface area contributed by atoms with Crippen LogP contribution >= 0.6 is 11.8 Å². The van der Waals surface area contributed by atoms with Crippen molar-refractivity contribution < 1.29 is 4.79 Å². The van der Waals surface area contributed by atoms with Crippen LogP contribution in [0.15, 0.2) is 5.10 Å². The zero-order valence-corrected chi connectivity index (χ0v) is 8.66. The van der Waals surface area contributed by atoms with Gasteiger partial charge >= 0.3 is 0 Å². The maximum Gasteiger partial charge on any atom is 0.164 e. The number of carbonyl (C=O) groups excluding carboxylic acids is 1. The molecule has 1 heterocycles. The largest absolute Gasteiger partial charge is 0.297 e. The molecule has 12 heavy (non-hydrogen) atoms. The molecule has 0 fully saturated rings. The normalized spacial score (nSPS) is 23.3. The van der Waals surface area contributed by atoms with Crippen LogP contribution in [-0.4, -0.2) is 16.2 Å². The Balaban J connectivity index is 2.61. The molecule has 4 heteroatoms. The van der Waals surface area contributed by atoms with Crippen LogP contribution in [0.2, 0.25) is 0 Å². The summed E-state index contributed by atoms with van der Waals surface area (Å²) in [5.41, 5.74) is 2.86. The standard InChI is InChI=1S/C8H14N2OS/c1-5(11)6-9-10-7(12-6)8(2,3)4/h6,9H,1-4H3. The summed E-state index contributed by atoms with van der Waals surface area (Å²) >= 11 is 1.52. The molecule has 1 N–H and O–H groups in total. The SMILES string of the molecule is CC(=O)C1NN=C(C(C)(C)C)S1. The molecular formula is C8H14N2OS. The summed E-state index contributed by atoms with van der Waals surface area (Å²) in [5, 5.41) is 4.95. The minimum atomic E-state index is -0.167. The average molecular weight is 186 g/mol. The van der Waals surface area contributed by atoms with Crippen molar-refractivity contribution in [1.29, 1.82) is 0 Å². The van der Waals surface area contributed by atoms with Crippen LogP contribution in [-0.2, 0) is 4.79 Å². The van der Waals surface area contributed by atoms with Gasteiger partial charge in [0.2, 0.25) is 0 Å². The lowest BCUT2D eigenvalue weighted by Gasteiger charge is -2.16. The number of hydrogen-bond acceptors (Lipinski definition) is 4. The molecular weight excluding hydrogens is 172 g/mol. The summed E-state index contributed by atoms with van der Waals surface area (Å²) in [6.07, 6.45) is 0. The third kappa shape index (κ3) is 2.00. The van der Waals surface area contributed by atoms with Gasteiger partial charge in [-0.1, -0.05) is 32.5 Å². The summed E-state index contributed by atoms with van der Waals surface area (Å²) in [7, 11) is 0. The van der Waals surface area contributed by atoms with Gasteiger partial charge < -0.3 is 0 Å². The zero-order valence-electron chi connectivity index (χ0n) is 7.84. The molecule has 0 saturated heterocycles. The van der Waals surface area contributed by atoms with E-state index in [9.17, 15) is 4.79 Å². The van der Waals surface area contributed by atoms with Gasteiger partial charge in [-0.3, -0.25) is 10.2 Å². The lowest BCUT2D eigenvalue weighted by molar-refractivity contribution is -0.116. The first-order chi connectivity index (χ1) is 5.41. The van der Waals surface area contributed by atoms with E-state index in [1.807, 2.05) is 0 Å². The fourth-order valence-electron chi connectivity index (χ4n) is 0.800. The lowest BCUT2D eigenvalue weighted by Crippen LogP contribution is -2.24. The predicted molar refractivity (Wildman–Crippen MR) is 52.1 cm³/mol. The molecule has 0 radical (unpaired) electrons. The molecule has 1 rings (SSSR count). The van der Waals surface area contributed by atoms with E-state index in [2.05, 4.69) is 31.3 Å². The average Bonchev–Trinajstić information content (AvgIpc) is 2.30. The fourth-order valence-corrected chi connectivity index (χ4v) is 1.75. The second kappa shape index (κ2) is 3.09. The monoisotopic (exact) mass is 186 g/mol. The Bertz CT molecular complexity index is 230. The molecule has 68 valence electrons. The van der Waals surface area contributed by atoms with Gasteiger partial charge in [-0.05, 0) is 6.92 Å². The zero-order chi connectivity index (χ0) is 9.35. The van der Waals surface area contributed by atoms with Gasteiger partial charge in [-0.25, -0.2) is 0 Å². The van der Waals surface area contributed by atoms with Crippen molar-refractivity contribution in [3.63, 3.8) is 0 Å². The van der Waals surface area contributed by atoms with E-state index < -0.39 is 0 Å². The van der Waals surface area contributed by atoms with Crippen LogP contribution < -0.4 is 5.43 Å². The van der Waals surface area contributed by atoms with E-state index in [4.69, 9.17) is 0 Å². The van der Waals surface area contributed by atoms with E-state index in [0.717, 1.165) is 5.04 Å². The minimum absolute atomic E-state index is 0.0435. The molecule has 0 saturated carbocycles. The number of carbonyl (C=O) groups is 1. The van der Waals surface area contributed by atoms with Crippen molar-refractivity contribution in [2.75, 3.05) is 0 Å². The van der Waals surface area contributed by atoms with Crippen LogP contribution in [0.4, 0.5) is 0 Å². The number of Topliss-reactive ketones (excluding diaryl/α,β-unsaturated/α-hetero) is 1. The first kappa shape index (κ1) is 9.58. The number of thioether (sulfide) groups is 1. The highest BCUT2D eigenvalue weighted by atomic mass is 32.2. The molecule has 0 aromatic rings. The summed E-state index contributed by atoms with van der Waals surface area (Å²) in [5.74, 6) is 0.128. The first-order valence-corrected chi connectivity index (χ1v) is 4.80. The number of hydrogen-bond donors (Lipinski definition) is 1. The van der Waals surface area contributed by atoms with Crippen LogP contribution in [0.3, 0.4) is 0 Å². The number of rotatable bonds is 1. The number of ketones is 1. The van der Waals surface area contributed by atoms with Crippen molar-refractivity contribution >= 4 is 22.6 Å². The highest BCUT2D eigenvalue weighted by molar-refractivity contribution is 8.15. The molecule has 0 spiro atoms. The Kier molecular flexibility index (Phi) is 2.46. The Hall–Kier alpha value is -0.510. The number of hydrazone groups is 1. The van der Waals surface area contributed by atoms with E-state index in [1.54, 1.807) is 6.92 Å². The van der Waals surface area contributed by atoms with E-state index >= 15 is 0 Å². The third-order valence-corrected chi connectivity index (χ3v) is 3.12. The molecule has 0 aromatic heterocycles. The summed E-state index contributed by atoms with van der Waals surface area (Å²) in [6.45, 7) is 7.83. The molecule has 1 atom stereocenters. The molecule has 0 bridgehead atoms. The van der Waals surface area contributed by atoms with Gasteiger partial charge in [0.05, 0.1) is 0 Å². The van der Waals surface area contributed by atoms with Gasteiger partial charge in [0, 0.05) is 5.41 Å². The Morgan fingerprint density at radius 1 is 1.58 bits per heavy atom. The Morgan fingerprint density at radius 3 is 2.42 bits per heavy atom. The predicted octanol–water partition coefficient (Wildman–Crippen LogP) is 1.60. The number of nitrogens with zero attached hydrogens (tertiary/aromatic N) is 1. The maximum absolute atomic E-state index is 11.0. The Labute approximate surface area is 77.0 Å². The van der Waals surface area contributed by atoms with Crippen LogP contribution in [0.5, 0.6) is 0 Å². The summed E-state index contributed by atoms with van der Waals surface area (Å²) < 4.78 is 0. The molecule has 1 unspecified atom stereocenters. The molecule has 1 aliphatic heterocycles. The quantitative estimate of drug-likeness (QED) is 0.676. The van der Waals surface area contributed by atoms with Crippen molar-refractivity contribution in [3.05, 3.63) is 0 Å². The van der Waals surface area contributed by atoms with E-state index in [-0.39, 0.29) is 16.6 Å². The van der Waals surface area contributed by atoms with Crippen LogP contribution in [0.1, 0.15) is 27.7 Å². The first-order valence-electron chi connectivity index (χ1n) is 3.92. The van der Waals surface area contributed by atoms with Crippen molar-refractivity contribution in [2.45, 2.75) is 33.1 Å². The lowest BCUT2D eigenvalue weighted by atomic mass is 9.99. The van der Waals surface area contributed by atoms with Crippen LogP contribution in [0.25, 0.3) is 0 Å².